The Morgan fingerprint density at radius 1 is 0.938 bits per heavy atom. The molecule has 0 saturated carbocycles. The fraction of sp³-hybridized carbons (Fsp3) is 0.417. The van der Waals surface area contributed by atoms with Gasteiger partial charge in [0, 0.05) is 32.7 Å². The zero-order valence-electron chi connectivity index (χ0n) is 18.9. The number of anilines is 1. The summed E-state index contributed by atoms with van der Waals surface area (Å²) in [7, 11) is 3.33. The van der Waals surface area contributed by atoms with E-state index in [4.69, 9.17) is 14.2 Å². The number of allylic oxidation sites excluding steroid dienone is 1. The highest BCUT2D eigenvalue weighted by molar-refractivity contribution is 5.85. The summed E-state index contributed by atoms with van der Waals surface area (Å²) in [5.41, 5.74) is 2.17. The molecule has 1 fully saturated rings. The van der Waals surface area contributed by atoms with Crippen LogP contribution in [-0.4, -0.2) is 69.7 Å². The maximum Gasteiger partial charge on any atom is 0.161 e. The van der Waals surface area contributed by atoms with E-state index in [1.165, 1.54) is 0 Å². The molecule has 1 atom stereocenters. The molecule has 0 aromatic heterocycles. The topological polar surface area (TPSA) is 54.4 Å². The highest BCUT2D eigenvalue weighted by atomic mass is 35.5. The molecule has 1 aliphatic heterocycles. The van der Waals surface area contributed by atoms with Crippen molar-refractivity contribution >= 4 is 36.6 Å². The Morgan fingerprint density at radius 2 is 1.62 bits per heavy atom. The van der Waals surface area contributed by atoms with Gasteiger partial charge in [0.2, 0.25) is 0 Å². The van der Waals surface area contributed by atoms with E-state index in [1.54, 1.807) is 14.2 Å². The number of aliphatic hydroxyl groups is 1. The highest BCUT2D eigenvalue weighted by Gasteiger charge is 2.21. The van der Waals surface area contributed by atoms with Gasteiger partial charge in [-0.25, -0.2) is 0 Å². The van der Waals surface area contributed by atoms with Gasteiger partial charge in [-0.3, -0.25) is 4.90 Å². The van der Waals surface area contributed by atoms with Crippen LogP contribution in [0.25, 0.3) is 6.08 Å². The molecule has 3 rings (SSSR count). The summed E-state index contributed by atoms with van der Waals surface area (Å²) in [6.07, 6.45) is 3.42. The lowest BCUT2D eigenvalue weighted by Gasteiger charge is -2.37. The fourth-order valence-corrected chi connectivity index (χ4v) is 3.70. The quantitative estimate of drug-likeness (QED) is 0.576. The van der Waals surface area contributed by atoms with Crippen LogP contribution in [0.1, 0.15) is 12.5 Å². The van der Waals surface area contributed by atoms with Crippen LogP contribution < -0.4 is 19.1 Å². The molecule has 0 aliphatic carbocycles. The van der Waals surface area contributed by atoms with Gasteiger partial charge < -0.3 is 24.2 Å². The Morgan fingerprint density at radius 3 is 2.28 bits per heavy atom. The first-order valence-corrected chi connectivity index (χ1v) is 10.4. The number of aliphatic hydroxyl groups excluding tert-OH is 1. The zero-order valence-corrected chi connectivity index (χ0v) is 20.5. The Bertz CT molecular complexity index is 842. The number of hydrogen-bond acceptors (Lipinski definition) is 6. The first-order chi connectivity index (χ1) is 14.6. The molecule has 8 heteroatoms. The van der Waals surface area contributed by atoms with Crippen LogP contribution in [0.4, 0.5) is 5.69 Å². The maximum absolute atomic E-state index is 10.5. The highest BCUT2D eigenvalue weighted by Crippen LogP contribution is 2.29. The third-order valence-corrected chi connectivity index (χ3v) is 5.25. The number of halogens is 2. The summed E-state index contributed by atoms with van der Waals surface area (Å²) < 4.78 is 16.7. The van der Waals surface area contributed by atoms with Gasteiger partial charge in [0.05, 0.1) is 19.9 Å². The number of methoxy groups -OCH3 is 2. The summed E-state index contributed by atoms with van der Waals surface area (Å²) in [5, 5.41) is 10.5. The third kappa shape index (κ3) is 7.48. The maximum atomic E-state index is 10.5. The van der Waals surface area contributed by atoms with Crippen molar-refractivity contribution in [3.63, 3.8) is 0 Å². The van der Waals surface area contributed by atoms with Crippen LogP contribution >= 0.6 is 24.8 Å². The Balaban J connectivity index is 0.00000256. The molecule has 1 saturated heterocycles. The van der Waals surface area contributed by atoms with Gasteiger partial charge in [-0.1, -0.05) is 30.4 Å². The molecule has 0 bridgehead atoms. The van der Waals surface area contributed by atoms with E-state index in [2.05, 4.69) is 15.9 Å². The SMILES string of the molecule is CC=Cc1ccc(OCC(O)CN2CCN(c3ccccc3OC)CC2)c(OC)c1.Cl.Cl. The summed E-state index contributed by atoms with van der Waals surface area (Å²) in [6.45, 7) is 6.35. The van der Waals surface area contributed by atoms with Gasteiger partial charge in [0.15, 0.2) is 11.5 Å². The Hall–Kier alpha value is -2.12. The molecule has 1 unspecified atom stereocenters. The summed E-state index contributed by atoms with van der Waals surface area (Å²) in [4.78, 5) is 4.60. The van der Waals surface area contributed by atoms with E-state index in [-0.39, 0.29) is 31.4 Å². The average molecular weight is 485 g/mol. The number of rotatable bonds is 9. The minimum absolute atomic E-state index is 0. The number of piperazine rings is 1. The second kappa shape index (κ2) is 14.1. The van der Waals surface area contributed by atoms with Crippen LogP contribution in [0.3, 0.4) is 0 Å². The molecule has 2 aromatic carbocycles. The molecule has 6 nitrogen and oxygen atoms in total. The molecule has 2 aromatic rings. The van der Waals surface area contributed by atoms with Crippen molar-refractivity contribution in [2.45, 2.75) is 13.0 Å². The van der Waals surface area contributed by atoms with Crippen molar-refractivity contribution in [1.82, 2.24) is 4.90 Å². The van der Waals surface area contributed by atoms with E-state index in [0.717, 1.165) is 43.2 Å². The third-order valence-electron chi connectivity index (χ3n) is 5.25. The zero-order chi connectivity index (χ0) is 21.3. The minimum atomic E-state index is -0.567. The number of para-hydroxylation sites is 2. The van der Waals surface area contributed by atoms with E-state index in [9.17, 15) is 5.11 Å². The van der Waals surface area contributed by atoms with E-state index in [0.29, 0.717) is 18.0 Å². The Labute approximate surface area is 203 Å². The van der Waals surface area contributed by atoms with E-state index in [1.807, 2.05) is 55.5 Å². The largest absolute Gasteiger partial charge is 0.495 e. The van der Waals surface area contributed by atoms with Crippen LogP contribution in [0.5, 0.6) is 17.2 Å². The van der Waals surface area contributed by atoms with Gasteiger partial charge in [-0.2, -0.15) is 0 Å². The second-order valence-corrected chi connectivity index (χ2v) is 7.33. The first kappa shape index (κ1) is 27.9. The van der Waals surface area contributed by atoms with Crippen molar-refractivity contribution in [3.8, 4) is 17.2 Å². The van der Waals surface area contributed by atoms with E-state index < -0.39 is 6.10 Å². The molecule has 178 valence electrons. The van der Waals surface area contributed by atoms with Crippen LogP contribution in [0.15, 0.2) is 48.5 Å². The molecule has 0 spiro atoms. The van der Waals surface area contributed by atoms with Gasteiger partial charge in [-0.05, 0) is 36.8 Å². The Kier molecular flexibility index (Phi) is 12.3. The lowest BCUT2D eigenvalue weighted by molar-refractivity contribution is 0.0653. The monoisotopic (exact) mass is 484 g/mol. The lowest BCUT2D eigenvalue weighted by atomic mass is 10.2. The minimum Gasteiger partial charge on any atom is -0.495 e. The van der Waals surface area contributed by atoms with Gasteiger partial charge in [0.1, 0.15) is 18.5 Å². The predicted octanol–water partition coefficient (Wildman–Crippen LogP) is 4.14. The van der Waals surface area contributed by atoms with Gasteiger partial charge in [0.25, 0.3) is 0 Å². The number of nitrogens with zero attached hydrogens (tertiary/aromatic N) is 2. The fourth-order valence-electron chi connectivity index (χ4n) is 3.70. The van der Waals surface area contributed by atoms with E-state index >= 15 is 0 Å². The molecule has 0 amide bonds. The van der Waals surface area contributed by atoms with Crippen LogP contribution in [-0.2, 0) is 0 Å². The molecule has 0 radical (unpaired) electrons. The molecule has 1 heterocycles. The molecular weight excluding hydrogens is 451 g/mol. The van der Waals surface area contributed by atoms with Crippen LogP contribution in [0.2, 0.25) is 0 Å². The number of β-amino-alcohol motifs (C(OH)–C–C–N with tert-alkyl or cyclic N) is 1. The molecule has 1 N–H and O–H groups in total. The van der Waals surface area contributed by atoms with Crippen molar-refractivity contribution in [2.24, 2.45) is 0 Å². The number of hydrogen-bond donors (Lipinski definition) is 1. The normalized spacial score (nSPS) is 14.9. The number of ether oxygens (including phenoxy) is 3. The molecular formula is C24H34Cl2N2O4. The van der Waals surface area contributed by atoms with Crippen molar-refractivity contribution in [1.29, 1.82) is 0 Å². The standard InChI is InChI=1S/C24H32N2O4.2ClH/c1-4-7-19-10-11-23(24(16-19)29-3)30-18-20(27)17-25-12-14-26(15-13-25)21-8-5-6-9-22(21)28-2;;/h4-11,16,20,27H,12-15,17-18H2,1-3H3;2*1H. The molecule has 32 heavy (non-hydrogen) atoms. The smallest absolute Gasteiger partial charge is 0.161 e. The van der Waals surface area contributed by atoms with Crippen molar-refractivity contribution < 1.29 is 19.3 Å². The lowest BCUT2D eigenvalue weighted by Crippen LogP contribution is -2.49. The second-order valence-electron chi connectivity index (χ2n) is 7.33. The average Bonchev–Trinajstić information content (AvgIpc) is 2.78. The summed E-state index contributed by atoms with van der Waals surface area (Å²) >= 11 is 0. The van der Waals surface area contributed by atoms with Crippen LogP contribution in [0, 0.1) is 0 Å². The van der Waals surface area contributed by atoms with Gasteiger partial charge >= 0.3 is 0 Å². The summed E-state index contributed by atoms with van der Waals surface area (Å²) in [5.74, 6) is 2.21. The first-order valence-electron chi connectivity index (χ1n) is 10.4. The van der Waals surface area contributed by atoms with Crippen molar-refractivity contribution in [2.75, 3.05) is 58.5 Å². The predicted molar refractivity (Wildman–Crippen MR) is 135 cm³/mol. The number of benzene rings is 2. The summed E-state index contributed by atoms with van der Waals surface area (Å²) in [6, 6.07) is 13.9. The molecule has 1 aliphatic rings. The van der Waals surface area contributed by atoms with Crippen molar-refractivity contribution in [3.05, 3.63) is 54.1 Å². The van der Waals surface area contributed by atoms with Gasteiger partial charge in [-0.15, -0.1) is 24.8 Å².